The lowest BCUT2D eigenvalue weighted by atomic mass is 10.1. The predicted octanol–water partition coefficient (Wildman–Crippen LogP) is 3.66. The highest BCUT2D eigenvalue weighted by Gasteiger charge is 2.29. The maximum atomic E-state index is 13.6. The van der Waals surface area contributed by atoms with Crippen LogP contribution in [-0.4, -0.2) is 32.2 Å². The number of hydrogen-bond donors (Lipinski definition) is 2. The third kappa shape index (κ3) is 3.88. The van der Waals surface area contributed by atoms with E-state index in [1.807, 2.05) is 30.0 Å². The minimum atomic E-state index is -1.30. The number of rotatable bonds is 5. The molecule has 3 aromatic heterocycles. The maximum absolute atomic E-state index is 13.6. The Kier molecular flexibility index (Phi) is 5.21. The normalized spacial score (nSPS) is 14.6. The van der Waals surface area contributed by atoms with Crippen molar-refractivity contribution in [2.24, 2.45) is 0 Å². The van der Waals surface area contributed by atoms with Crippen LogP contribution in [0, 0.1) is 12.7 Å². The average molecular weight is 503 g/mol. The molecule has 0 saturated carbocycles. The smallest absolute Gasteiger partial charge is 0.339 e. The molecule has 0 aliphatic carbocycles. The number of carbonyl (C=O) groups is 1. The number of carboxylic acid groups (broad SMARTS) is 1. The number of aromatic nitrogens is 3. The molecule has 37 heavy (non-hydrogen) atoms. The number of nitrogens with zero attached hydrogens (tertiary/aromatic N) is 4. The van der Waals surface area contributed by atoms with Crippen molar-refractivity contribution in [3.63, 3.8) is 0 Å². The van der Waals surface area contributed by atoms with Gasteiger partial charge in [-0.2, -0.15) is 0 Å². The second kappa shape index (κ2) is 8.47. The van der Waals surface area contributed by atoms with Gasteiger partial charge in [-0.3, -0.25) is 9.20 Å². The number of pyridine rings is 2. The first kappa shape index (κ1) is 22.8. The summed E-state index contributed by atoms with van der Waals surface area (Å²) in [5.74, 6) is -0.0823. The Morgan fingerprint density at radius 2 is 2.05 bits per heavy atom. The molecule has 188 valence electrons. The highest BCUT2D eigenvalue weighted by molar-refractivity contribution is 5.93. The average Bonchev–Trinajstić information content (AvgIpc) is 3.51. The molecule has 2 aliphatic heterocycles. The molecule has 0 radical (unpaired) electrons. The molecule has 6 rings (SSSR count). The fraction of sp³-hybridized carbons (Fsp3) is 0.231. The molecule has 4 aromatic rings. The van der Waals surface area contributed by atoms with Crippen LogP contribution < -0.4 is 25.2 Å². The van der Waals surface area contributed by atoms with E-state index in [9.17, 15) is 19.1 Å². The van der Waals surface area contributed by atoms with E-state index in [1.165, 1.54) is 10.5 Å². The fourth-order valence-corrected chi connectivity index (χ4v) is 4.85. The standard InChI is InChI=1S/C26H22FN5O5/c1-13-5-17(14(2)29-24-18(26(34)35)6-16(27)8-28-24)25-30-21(7-22(33)32(25)9-13)31-10-15-3-4-20-23(19(15)11-31)37-12-36-20/h3-9,14H,10-12H2,1-2H3,(H,28,29)(H,34,35)/t14-/m1/s1. The van der Waals surface area contributed by atoms with Gasteiger partial charge in [0.2, 0.25) is 6.79 Å². The van der Waals surface area contributed by atoms with Crippen LogP contribution in [0.5, 0.6) is 11.5 Å². The van der Waals surface area contributed by atoms with E-state index < -0.39 is 17.8 Å². The summed E-state index contributed by atoms with van der Waals surface area (Å²) in [6.07, 6.45) is 2.66. The first-order valence-corrected chi connectivity index (χ1v) is 11.6. The van der Waals surface area contributed by atoms with Crippen LogP contribution >= 0.6 is 0 Å². The van der Waals surface area contributed by atoms with Gasteiger partial charge < -0.3 is 24.8 Å². The number of fused-ring (bicyclic) bond motifs is 4. The SMILES string of the molecule is Cc1cc([C@@H](C)Nc2ncc(F)cc2C(=O)O)c2nc(N3Cc4ccc5c(c4C3)OCO5)cc(=O)n2c1. The lowest BCUT2D eigenvalue weighted by Crippen LogP contribution is -2.24. The lowest BCUT2D eigenvalue weighted by molar-refractivity contribution is 0.0697. The van der Waals surface area contributed by atoms with Crippen LogP contribution in [0.3, 0.4) is 0 Å². The van der Waals surface area contributed by atoms with Gasteiger partial charge in [-0.15, -0.1) is 0 Å². The Morgan fingerprint density at radius 1 is 1.22 bits per heavy atom. The molecule has 1 aromatic carbocycles. The topological polar surface area (TPSA) is 118 Å². The Balaban J connectivity index is 1.39. The van der Waals surface area contributed by atoms with E-state index in [1.54, 1.807) is 13.1 Å². The number of anilines is 2. The predicted molar refractivity (Wildman–Crippen MR) is 132 cm³/mol. The third-order valence-electron chi connectivity index (χ3n) is 6.59. The summed E-state index contributed by atoms with van der Waals surface area (Å²) >= 11 is 0. The molecule has 0 unspecified atom stereocenters. The summed E-state index contributed by atoms with van der Waals surface area (Å²) in [7, 11) is 0. The largest absolute Gasteiger partial charge is 0.478 e. The van der Waals surface area contributed by atoms with E-state index in [0.717, 1.165) is 34.7 Å². The molecule has 2 aliphatic rings. The van der Waals surface area contributed by atoms with Gasteiger partial charge in [0.25, 0.3) is 5.56 Å². The van der Waals surface area contributed by atoms with Crippen LogP contribution in [0.15, 0.2) is 47.5 Å². The molecule has 0 amide bonds. The van der Waals surface area contributed by atoms with Crippen molar-refractivity contribution in [2.45, 2.75) is 33.0 Å². The molecular formula is C26H22FN5O5. The number of hydrogen-bond acceptors (Lipinski definition) is 8. The summed E-state index contributed by atoms with van der Waals surface area (Å²) in [5, 5.41) is 12.5. The number of aryl methyl sites for hydroxylation is 1. The Bertz CT molecular complexity index is 1650. The molecule has 11 heteroatoms. The summed E-state index contributed by atoms with van der Waals surface area (Å²) in [5.41, 5.74) is 3.46. The van der Waals surface area contributed by atoms with Gasteiger partial charge in [0, 0.05) is 36.5 Å². The summed E-state index contributed by atoms with van der Waals surface area (Å²) in [4.78, 5) is 35.6. The second-order valence-electron chi connectivity index (χ2n) is 9.13. The van der Waals surface area contributed by atoms with Crippen molar-refractivity contribution < 1.29 is 23.8 Å². The Hall–Kier alpha value is -4.67. The first-order valence-electron chi connectivity index (χ1n) is 11.6. The van der Waals surface area contributed by atoms with Crippen LogP contribution in [-0.2, 0) is 13.1 Å². The van der Waals surface area contributed by atoms with E-state index in [4.69, 9.17) is 14.5 Å². The quantitative estimate of drug-likeness (QED) is 0.421. The highest BCUT2D eigenvalue weighted by Crippen LogP contribution is 2.42. The van der Waals surface area contributed by atoms with Crippen molar-refractivity contribution in [1.82, 2.24) is 14.4 Å². The van der Waals surface area contributed by atoms with Gasteiger partial charge in [0.05, 0.1) is 12.2 Å². The van der Waals surface area contributed by atoms with E-state index in [2.05, 4.69) is 10.3 Å². The van der Waals surface area contributed by atoms with Gasteiger partial charge in [-0.05, 0) is 43.2 Å². The molecule has 0 bridgehead atoms. The first-order chi connectivity index (χ1) is 17.8. The third-order valence-corrected chi connectivity index (χ3v) is 6.59. The number of halogens is 1. The molecule has 0 fully saturated rings. The summed E-state index contributed by atoms with van der Waals surface area (Å²) < 4.78 is 26.2. The Labute approximate surface area is 209 Å². The van der Waals surface area contributed by atoms with Crippen LogP contribution in [0.1, 0.15) is 45.6 Å². The summed E-state index contributed by atoms with van der Waals surface area (Å²) in [6, 6.07) is 7.67. The maximum Gasteiger partial charge on any atom is 0.339 e. The number of ether oxygens (including phenoxy) is 2. The van der Waals surface area contributed by atoms with Crippen molar-refractivity contribution >= 4 is 23.3 Å². The Morgan fingerprint density at radius 3 is 2.86 bits per heavy atom. The number of nitrogens with one attached hydrogen (secondary N) is 1. The number of benzene rings is 1. The molecular weight excluding hydrogens is 481 g/mol. The van der Waals surface area contributed by atoms with E-state index >= 15 is 0 Å². The zero-order chi connectivity index (χ0) is 25.8. The zero-order valence-corrected chi connectivity index (χ0v) is 20.0. The number of aromatic carboxylic acids is 1. The van der Waals surface area contributed by atoms with Crippen LogP contribution in [0.25, 0.3) is 5.65 Å². The monoisotopic (exact) mass is 503 g/mol. The van der Waals surface area contributed by atoms with Gasteiger partial charge in [-0.25, -0.2) is 19.2 Å². The van der Waals surface area contributed by atoms with Gasteiger partial charge in [0.1, 0.15) is 28.7 Å². The molecule has 1 atom stereocenters. The van der Waals surface area contributed by atoms with Crippen molar-refractivity contribution in [3.8, 4) is 11.5 Å². The molecule has 2 N–H and O–H groups in total. The van der Waals surface area contributed by atoms with Gasteiger partial charge in [-0.1, -0.05) is 6.07 Å². The van der Waals surface area contributed by atoms with E-state index in [0.29, 0.717) is 35.9 Å². The van der Waals surface area contributed by atoms with Crippen molar-refractivity contribution in [1.29, 1.82) is 0 Å². The minimum Gasteiger partial charge on any atom is -0.478 e. The van der Waals surface area contributed by atoms with Crippen LogP contribution in [0.4, 0.5) is 16.0 Å². The van der Waals surface area contributed by atoms with Gasteiger partial charge >= 0.3 is 5.97 Å². The van der Waals surface area contributed by atoms with Crippen LogP contribution in [0.2, 0.25) is 0 Å². The summed E-state index contributed by atoms with van der Waals surface area (Å²) in [6.45, 7) is 4.92. The molecule has 5 heterocycles. The fourth-order valence-electron chi connectivity index (χ4n) is 4.85. The zero-order valence-electron chi connectivity index (χ0n) is 20.0. The molecule has 10 nitrogen and oxygen atoms in total. The lowest BCUT2D eigenvalue weighted by Gasteiger charge is -2.21. The number of carboxylic acids is 1. The van der Waals surface area contributed by atoms with Crippen molar-refractivity contribution in [2.75, 3.05) is 17.0 Å². The second-order valence-corrected chi connectivity index (χ2v) is 9.13. The van der Waals surface area contributed by atoms with Crippen molar-refractivity contribution in [3.05, 3.63) is 86.7 Å². The van der Waals surface area contributed by atoms with E-state index in [-0.39, 0.29) is 23.7 Å². The highest BCUT2D eigenvalue weighted by atomic mass is 19.1. The molecule has 0 spiro atoms. The molecule has 0 saturated heterocycles. The minimum absolute atomic E-state index is 0.0191. The van der Waals surface area contributed by atoms with Gasteiger partial charge in [0.15, 0.2) is 11.5 Å².